The highest BCUT2D eigenvalue weighted by Gasteiger charge is 2.17. The van der Waals surface area contributed by atoms with Crippen molar-refractivity contribution in [2.75, 3.05) is 56.1 Å². The molecule has 0 saturated carbocycles. The van der Waals surface area contributed by atoms with Gasteiger partial charge in [0, 0.05) is 38.9 Å². The van der Waals surface area contributed by atoms with E-state index in [-0.39, 0.29) is 0 Å². The molecule has 2 aliphatic heterocycles. The number of nitrogens with one attached hydrogen (secondary N) is 1. The van der Waals surface area contributed by atoms with Crippen LogP contribution < -0.4 is 15.0 Å². The molecule has 0 bridgehead atoms. The van der Waals surface area contributed by atoms with Gasteiger partial charge in [0.1, 0.15) is 24.0 Å². The van der Waals surface area contributed by atoms with Crippen molar-refractivity contribution in [2.45, 2.75) is 19.3 Å². The lowest BCUT2D eigenvalue weighted by atomic mass is 10.2. The molecule has 0 aliphatic carbocycles. The van der Waals surface area contributed by atoms with Crippen molar-refractivity contribution in [3.63, 3.8) is 0 Å². The first-order chi connectivity index (χ1) is 13.9. The fraction of sp³-hybridized carbons (Fsp3) is 0.455. The summed E-state index contributed by atoms with van der Waals surface area (Å²) in [4.78, 5) is 14.1. The lowest BCUT2D eigenvalue weighted by Crippen LogP contribution is -2.46. The number of pyridine rings is 1. The summed E-state index contributed by atoms with van der Waals surface area (Å²) in [7, 11) is 0. The van der Waals surface area contributed by atoms with Crippen LogP contribution in [-0.2, 0) is 0 Å². The Morgan fingerprint density at radius 1 is 0.964 bits per heavy atom. The van der Waals surface area contributed by atoms with Gasteiger partial charge in [0.25, 0.3) is 0 Å². The summed E-state index contributed by atoms with van der Waals surface area (Å²) in [5.41, 5.74) is 1.01. The van der Waals surface area contributed by atoms with E-state index in [1.807, 2.05) is 36.5 Å². The van der Waals surface area contributed by atoms with Crippen LogP contribution in [0.15, 0.2) is 53.7 Å². The third kappa shape index (κ3) is 5.01. The summed E-state index contributed by atoms with van der Waals surface area (Å²) in [5.74, 6) is 2.94. The van der Waals surface area contributed by atoms with Crippen molar-refractivity contribution >= 4 is 17.3 Å². The predicted molar refractivity (Wildman–Crippen MR) is 115 cm³/mol. The molecule has 3 heterocycles. The lowest BCUT2D eigenvalue weighted by Gasteiger charge is -2.35. The zero-order chi connectivity index (χ0) is 19.0. The Balaban J connectivity index is 1.09. The van der Waals surface area contributed by atoms with Crippen LogP contribution in [0.25, 0.3) is 0 Å². The number of hydrogen-bond donors (Lipinski definition) is 1. The normalized spacial score (nSPS) is 18.4. The predicted octanol–water partition coefficient (Wildman–Crippen LogP) is 3.28. The largest absolute Gasteiger partial charge is 0.484 e. The lowest BCUT2D eigenvalue weighted by molar-refractivity contribution is 0.252. The van der Waals surface area contributed by atoms with Crippen molar-refractivity contribution in [3.05, 3.63) is 48.7 Å². The van der Waals surface area contributed by atoms with E-state index in [1.54, 1.807) is 0 Å². The molecule has 0 amide bonds. The smallest absolute Gasteiger partial charge is 0.145 e. The molecule has 1 aromatic heterocycles. The third-order valence-corrected chi connectivity index (χ3v) is 5.31. The Bertz CT molecular complexity index is 772. The van der Waals surface area contributed by atoms with Gasteiger partial charge in [-0.15, -0.1) is 0 Å². The van der Waals surface area contributed by atoms with Crippen molar-refractivity contribution in [2.24, 2.45) is 4.99 Å². The van der Waals surface area contributed by atoms with E-state index in [9.17, 15) is 0 Å². The Hall–Kier alpha value is -2.60. The molecule has 6 heteroatoms. The summed E-state index contributed by atoms with van der Waals surface area (Å²) < 4.78 is 5.73. The molecular weight excluding hydrogens is 350 g/mol. The van der Waals surface area contributed by atoms with Gasteiger partial charge in [-0.05, 0) is 43.7 Å². The molecule has 0 radical (unpaired) electrons. The van der Waals surface area contributed by atoms with Gasteiger partial charge in [0.15, 0.2) is 0 Å². The number of unbranched alkanes of at least 4 members (excludes halogenated alkanes) is 2. The van der Waals surface area contributed by atoms with Gasteiger partial charge in [-0.25, -0.2) is 4.98 Å². The fourth-order valence-corrected chi connectivity index (χ4v) is 3.70. The Morgan fingerprint density at radius 2 is 1.82 bits per heavy atom. The van der Waals surface area contributed by atoms with Gasteiger partial charge < -0.3 is 15.0 Å². The highest BCUT2D eigenvalue weighted by molar-refractivity contribution is 5.99. The van der Waals surface area contributed by atoms with Gasteiger partial charge in [-0.2, -0.15) is 0 Å². The van der Waals surface area contributed by atoms with Crippen LogP contribution in [0.5, 0.6) is 5.75 Å². The highest BCUT2D eigenvalue weighted by Crippen LogP contribution is 2.26. The Morgan fingerprint density at radius 3 is 2.68 bits per heavy atom. The molecule has 0 unspecified atom stereocenters. The minimum atomic E-state index is 0.539. The molecule has 0 spiro atoms. The number of hydrogen-bond acceptors (Lipinski definition) is 5. The summed E-state index contributed by atoms with van der Waals surface area (Å²) >= 11 is 0. The molecule has 2 aromatic rings. The van der Waals surface area contributed by atoms with Crippen LogP contribution in [0.3, 0.4) is 0 Å². The molecule has 2 aliphatic rings. The van der Waals surface area contributed by atoms with Crippen LogP contribution in [-0.4, -0.2) is 61.6 Å². The van der Waals surface area contributed by atoms with Crippen molar-refractivity contribution < 1.29 is 4.74 Å². The van der Waals surface area contributed by atoms with Gasteiger partial charge >= 0.3 is 0 Å². The second-order valence-corrected chi connectivity index (χ2v) is 7.32. The molecule has 6 nitrogen and oxygen atoms in total. The zero-order valence-electron chi connectivity index (χ0n) is 16.4. The van der Waals surface area contributed by atoms with Crippen LogP contribution in [0, 0.1) is 0 Å². The van der Waals surface area contributed by atoms with E-state index < -0.39 is 0 Å². The second kappa shape index (κ2) is 9.55. The SMILES string of the molecule is c1ccc(N2CCN(CCCCCN=C3COc4ccccc4N3)CC2)nc1. The second-order valence-electron chi connectivity index (χ2n) is 7.32. The number of fused-ring (bicyclic) bond motifs is 1. The van der Waals surface area contributed by atoms with Crippen molar-refractivity contribution in [1.29, 1.82) is 0 Å². The standard InChI is InChI=1S/C22H29N5O/c1(5-11-23-21-18-28-20-9-3-2-8-19(20)25-21)7-13-26-14-16-27(17-15-26)22-10-4-6-12-24-22/h2-4,6,8-10,12H,1,5,7,11,13-18H2,(H,23,25). The number of para-hydroxylation sites is 2. The number of amidine groups is 1. The van der Waals surface area contributed by atoms with E-state index in [2.05, 4.69) is 37.2 Å². The maximum atomic E-state index is 5.73. The fourth-order valence-electron chi connectivity index (χ4n) is 3.70. The Kier molecular flexibility index (Phi) is 6.40. The molecule has 4 rings (SSSR count). The van der Waals surface area contributed by atoms with Crippen LogP contribution >= 0.6 is 0 Å². The van der Waals surface area contributed by atoms with E-state index in [1.165, 1.54) is 19.4 Å². The molecule has 1 N–H and O–H groups in total. The number of aromatic nitrogens is 1. The summed E-state index contributed by atoms with van der Waals surface area (Å²) in [6.45, 7) is 6.97. The van der Waals surface area contributed by atoms with E-state index in [0.29, 0.717) is 6.61 Å². The summed E-state index contributed by atoms with van der Waals surface area (Å²) in [6, 6.07) is 14.1. The maximum Gasteiger partial charge on any atom is 0.145 e. The average molecular weight is 380 g/mol. The van der Waals surface area contributed by atoms with E-state index in [4.69, 9.17) is 4.74 Å². The number of anilines is 2. The molecule has 1 aromatic carbocycles. The number of aliphatic imine (C=N–C) groups is 1. The maximum absolute atomic E-state index is 5.73. The molecule has 0 atom stereocenters. The summed E-state index contributed by atoms with van der Waals surface area (Å²) in [5, 5.41) is 3.36. The van der Waals surface area contributed by atoms with E-state index in [0.717, 1.165) is 62.2 Å². The Labute approximate surface area is 167 Å². The number of nitrogens with zero attached hydrogens (tertiary/aromatic N) is 4. The molecule has 1 fully saturated rings. The van der Waals surface area contributed by atoms with Gasteiger partial charge in [0.05, 0.1) is 5.69 Å². The molecule has 148 valence electrons. The first-order valence-corrected chi connectivity index (χ1v) is 10.3. The van der Waals surface area contributed by atoms with Crippen molar-refractivity contribution in [3.8, 4) is 5.75 Å². The first kappa shape index (κ1) is 18.7. The molecular formula is C22H29N5O. The van der Waals surface area contributed by atoms with Crippen LogP contribution in [0.1, 0.15) is 19.3 Å². The third-order valence-electron chi connectivity index (χ3n) is 5.31. The highest BCUT2D eigenvalue weighted by atomic mass is 16.5. The molecule has 28 heavy (non-hydrogen) atoms. The number of benzene rings is 1. The van der Waals surface area contributed by atoms with Gasteiger partial charge in [-0.1, -0.05) is 24.6 Å². The molecule has 1 saturated heterocycles. The number of rotatable bonds is 7. The van der Waals surface area contributed by atoms with Crippen LogP contribution in [0.4, 0.5) is 11.5 Å². The van der Waals surface area contributed by atoms with Crippen molar-refractivity contribution in [1.82, 2.24) is 9.88 Å². The number of ether oxygens (including phenoxy) is 1. The minimum absolute atomic E-state index is 0.539. The van der Waals surface area contributed by atoms with Gasteiger partial charge in [0.2, 0.25) is 0 Å². The topological polar surface area (TPSA) is 53.0 Å². The van der Waals surface area contributed by atoms with Gasteiger partial charge in [-0.3, -0.25) is 9.89 Å². The monoisotopic (exact) mass is 379 g/mol. The van der Waals surface area contributed by atoms with E-state index >= 15 is 0 Å². The number of piperazine rings is 1. The average Bonchev–Trinajstić information content (AvgIpc) is 2.77. The quantitative estimate of drug-likeness (QED) is 0.748. The van der Waals surface area contributed by atoms with Crippen LogP contribution in [0.2, 0.25) is 0 Å². The first-order valence-electron chi connectivity index (χ1n) is 10.3. The minimum Gasteiger partial charge on any atom is -0.484 e. The summed E-state index contributed by atoms with van der Waals surface area (Å²) in [6.07, 6.45) is 5.45. The zero-order valence-corrected chi connectivity index (χ0v) is 16.4.